The largest absolute Gasteiger partial charge is 0.352 e. The average molecular weight is 646 g/mol. The molecule has 0 radical (unpaired) electrons. The third-order valence-electron chi connectivity index (χ3n) is 7.79. The number of hydrogen-bond donors (Lipinski definition) is 1. The fourth-order valence-corrected chi connectivity index (χ4v) is 6.71. The number of para-hydroxylation sites is 1. The molecule has 0 heterocycles. The Balaban J connectivity index is 1.82. The van der Waals surface area contributed by atoms with E-state index in [-0.39, 0.29) is 29.8 Å². The van der Waals surface area contributed by atoms with E-state index in [4.69, 9.17) is 11.6 Å². The maximum Gasteiger partial charge on any atom is 0.264 e. The van der Waals surface area contributed by atoms with Gasteiger partial charge in [-0.25, -0.2) is 8.42 Å². The van der Waals surface area contributed by atoms with Crippen molar-refractivity contribution in [3.63, 3.8) is 0 Å². The van der Waals surface area contributed by atoms with Gasteiger partial charge in [-0.3, -0.25) is 13.9 Å². The van der Waals surface area contributed by atoms with Crippen molar-refractivity contribution in [1.82, 2.24) is 10.2 Å². The summed E-state index contributed by atoms with van der Waals surface area (Å²) in [7, 11) is -4.17. The minimum absolute atomic E-state index is 0.0526. The number of nitrogens with zero attached hydrogens (tertiary/aromatic N) is 2. The SMILES string of the molecule is CC[C@H](C)NC(=O)[C@@H](Cc1ccccc1)N(Cc1cccc(Cl)c1)C(=O)CN(c1ccccc1C)S(=O)(=O)c1ccc(C)cc1. The molecule has 0 spiro atoms. The van der Waals surface area contributed by atoms with Crippen molar-refractivity contribution >= 4 is 39.1 Å². The van der Waals surface area contributed by atoms with Crippen LogP contribution in [0, 0.1) is 13.8 Å². The van der Waals surface area contributed by atoms with Crippen LogP contribution in [0.3, 0.4) is 0 Å². The van der Waals surface area contributed by atoms with E-state index in [0.29, 0.717) is 28.3 Å². The van der Waals surface area contributed by atoms with Crippen LogP contribution in [0.1, 0.15) is 42.5 Å². The fourth-order valence-electron chi connectivity index (χ4n) is 5.02. The highest BCUT2D eigenvalue weighted by atomic mass is 35.5. The summed E-state index contributed by atoms with van der Waals surface area (Å²) in [4.78, 5) is 30.0. The van der Waals surface area contributed by atoms with Crippen molar-refractivity contribution in [3.05, 3.63) is 130 Å². The molecule has 0 aliphatic heterocycles. The van der Waals surface area contributed by atoms with Gasteiger partial charge < -0.3 is 10.2 Å². The second-order valence-electron chi connectivity index (χ2n) is 11.3. The second kappa shape index (κ2) is 15.2. The van der Waals surface area contributed by atoms with E-state index >= 15 is 0 Å². The van der Waals surface area contributed by atoms with Gasteiger partial charge in [-0.2, -0.15) is 0 Å². The Morgan fingerprint density at radius 2 is 1.49 bits per heavy atom. The third-order valence-corrected chi connectivity index (χ3v) is 9.80. The zero-order chi connectivity index (χ0) is 32.6. The molecular weight excluding hydrogens is 606 g/mol. The molecule has 2 amide bonds. The van der Waals surface area contributed by atoms with Crippen molar-refractivity contribution in [2.24, 2.45) is 0 Å². The number of hydrogen-bond acceptors (Lipinski definition) is 4. The normalized spacial score (nSPS) is 12.6. The molecule has 0 aliphatic carbocycles. The number of anilines is 1. The van der Waals surface area contributed by atoms with Gasteiger partial charge in [-0.05, 0) is 74.2 Å². The first-order valence-electron chi connectivity index (χ1n) is 15.0. The first-order chi connectivity index (χ1) is 21.5. The Hall–Kier alpha value is -4.14. The number of aryl methyl sites for hydroxylation is 2. The molecule has 0 aliphatic rings. The van der Waals surface area contributed by atoms with Crippen LogP contribution in [-0.2, 0) is 32.6 Å². The number of halogens is 1. The van der Waals surface area contributed by atoms with Crippen LogP contribution < -0.4 is 9.62 Å². The van der Waals surface area contributed by atoms with Gasteiger partial charge in [0.2, 0.25) is 11.8 Å². The highest BCUT2D eigenvalue weighted by Gasteiger charge is 2.35. The first-order valence-corrected chi connectivity index (χ1v) is 16.8. The molecule has 7 nitrogen and oxygen atoms in total. The Morgan fingerprint density at radius 1 is 0.844 bits per heavy atom. The molecule has 45 heavy (non-hydrogen) atoms. The summed E-state index contributed by atoms with van der Waals surface area (Å²) in [6, 6.07) is 29.1. The molecule has 0 saturated carbocycles. The molecular formula is C36H40ClN3O4S. The smallest absolute Gasteiger partial charge is 0.264 e. The number of rotatable bonds is 13. The van der Waals surface area contributed by atoms with Gasteiger partial charge in [0, 0.05) is 24.0 Å². The molecule has 0 saturated heterocycles. The summed E-state index contributed by atoms with van der Waals surface area (Å²) in [5.74, 6) is -0.832. The Bertz CT molecular complexity index is 1710. The Labute approximate surface area is 271 Å². The highest BCUT2D eigenvalue weighted by molar-refractivity contribution is 7.92. The first kappa shape index (κ1) is 33.7. The number of carbonyl (C=O) groups excluding carboxylic acids is 2. The predicted molar refractivity (Wildman–Crippen MR) is 181 cm³/mol. The van der Waals surface area contributed by atoms with Crippen LogP contribution in [0.25, 0.3) is 0 Å². The van der Waals surface area contributed by atoms with E-state index in [2.05, 4.69) is 5.32 Å². The van der Waals surface area contributed by atoms with Crippen LogP contribution in [0.5, 0.6) is 0 Å². The number of amides is 2. The lowest BCUT2D eigenvalue weighted by molar-refractivity contribution is -0.140. The van der Waals surface area contributed by atoms with Gasteiger partial charge in [0.05, 0.1) is 10.6 Å². The topological polar surface area (TPSA) is 86.8 Å². The molecule has 9 heteroatoms. The van der Waals surface area contributed by atoms with Gasteiger partial charge >= 0.3 is 0 Å². The lowest BCUT2D eigenvalue weighted by Crippen LogP contribution is -2.54. The summed E-state index contributed by atoms with van der Waals surface area (Å²) in [6.45, 7) is 7.11. The summed E-state index contributed by atoms with van der Waals surface area (Å²) < 4.78 is 29.5. The lowest BCUT2D eigenvalue weighted by Gasteiger charge is -2.34. The highest BCUT2D eigenvalue weighted by Crippen LogP contribution is 2.28. The maximum atomic E-state index is 14.6. The summed E-state index contributed by atoms with van der Waals surface area (Å²) in [6.07, 6.45) is 0.951. The molecule has 1 N–H and O–H groups in total. The lowest BCUT2D eigenvalue weighted by atomic mass is 10.0. The summed E-state index contributed by atoms with van der Waals surface area (Å²) in [5, 5.41) is 3.54. The van der Waals surface area contributed by atoms with Gasteiger partial charge in [-0.15, -0.1) is 0 Å². The maximum absolute atomic E-state index is 14.6. The van der Waals surface area contributed by atoms with Gasteiger partial charge in [0.25, 0.3) is 10.0 Å². The van der Waals surface area contributed by atoms with E-state index in [1.54, 1.807) is 67.6 Å². The van der Waals surface area contributed by atoms with Gasteiger partial charge in [0.15, 0.2) is 0 Å². The van der Waals surface area contributed by atoms with Gasteiger partial charge in [-0.1, -0.05) is 96.9 Å². The molecule has 4 aromatic rings. The van der Waals surface area contributed by atoms with Gasteiger partial charge in [0.1, 0.15) is 12.6 Å². The number of nitrogens with one attached hydrogen (secondary N) is 1. The second-order valence-corrected chi connectivity index (χ2v) is 13.6. The van der Waals surface area contributed by atoms with Crippen LogP contribution in [0.4, 0.5) is 5.69 Å². The molecule has 0 fully saturated rings. The Morgan fingerprint density at radius 3 is 2.13 bits per heavy atom. The third kappa shape index (κ3) is 8.74. The quantitative estimate of drug-likeness (QED) is 0.175. The number of carbonyl (C=O) groups is 2. The standard InChI is InChI=1S/C36H40ClN3O4S/c1-5-28(4)38-36(42)34(23-29-13-7-6-8-14-29)39(24-30-15-11-16-31(37)22-30)35(41)25-40(33-17-10-9-12-27(33)3)45(43,44)32-20-18-26(2)19-21-32/h6-22,28,34H,5,23-25H2,1-4H3,(H,38,42)/t28-,34+/m0/s1. The fraction of sp³-hybridized carbons (Fsp3) is 0.278. The molecule has 0 bridgehead atoms. The molecule has 4 rings (SSSR count). The minimum atomic E-state index is -4.17. The van der Waals surface area contributed by atoms with Crippen LogP contribution in [-0.4, -0.2) is 43.8 Å². The summed E-state index contributed by atoms with van der Waals surface area (Å²) in [5.41, 5.74) is 3.58. The average Bonchev–Trinajstić information content (AvgIpc) is 3.02. The molecule has 0 aromatic heterocycles. The van der Waals surface area contributed by atoms with E-state index < -0.39 is 28.5 Å². The molecule has 0 unspecified atom stereocenters. The zero-order valence-corrected chi connectivity index (χ0v) is 27.7. The summed E-state index contributed by atoms with van der Waals surface area (Å²) >= 11 is 6.32. The Kier molecular flexibility index (Phi) is 11.4. The number of benzene rings is 4. The van der Waals surface area contributed by atoms with Crippen molar-refractivity contribution < 1.29 is 18.0 Å². The van der Waals surface area contributed by atoms with Crippen LogP contribution in [0.2, 0.25) is 5.02 Å². The van der Waals surface area contributed by atoms with E-state index in [1.165, 1.54) is 4.90 Å². The molecule has 2 atom stereocenters. The predicted octanol–water partition coefficient (Wildman–Crippen LogP) is 6.71. The molecule has 236 valence electrons. The number of sulfonamides is 1. The van der Waals surface area contributed by atoms with E-state index in [1.807, 2.05) is 63.2 Å². The minimum Gasteiger partial charge on any atom is -0.352 e. The molecule has 4 aromatic carbocycles. The van der Waals surface area contributed by atoms with E-state index in [0.717, 1.165) is 15.4 Å². The van der Waals surface area contributed by atoms with Crippen molar-refractivity contribution in [2.75, 3.05) is 10.8 Å². The van der Waals surface area contributed by atoms with Crippen molar-refractivity contribution in [3.8, 4) is 0 Å². The van der Waals surface area contributed by atoms with Crippen molar-refractivity contribution in [2.45, 2.75) is 64.1 Å². The van der Waals surface area contributed by atoms with Crippen LogP contribution in [0.15, 0.2) is 108 Å². The van der Waals surface area contributed by atoms with E-state index in [9.17, 15) is 18.0 Å². The van der Waals surface area contributed by atoms with Crippen molar-refractivity contribution in [1.29, 1.82) is 0 Å². The zero-order valence-electron chi connectivity index (χ0n) is 26.1. The monoisotopic (exact) mass is 645 g/mol. The van der Waals surface area contributed by atoms with Crippen LogP contribution >= 0.6 is 11.6 Å².